The summed E-state index contributed by atoms with van der Waals surface area (Å²) < 4.78 is 5.58. The SMILES string of the molecule is C[C@@H](CCC(N)=O)COCCCCCCCCCC(=O)O. The predicted molar refractivity (Wildman–Crippen MR) is 83.0 cm³/mol. The highest BCUT2D eigenvalue weighted by Crippen LogP contribution is 2.09. The van der Waals surface area contributed by atoms with E-state index in [9.17, 15) is 9.59 Å². The summed E-state index contributed by atoms with van der Waals surface area (Å²) in [4.78, 5) is 21.0. The van der Waals surface area contributed by atoms with Gasteiger partial charge in [0.25, 0.3) is 0 Å². The van der Waals surface area contributed by atoms with E-state index in [1.54, 1.807) is 0 Å². The molecule has 0 rings (SSSR count). The van der Waals surface area contributed by atoms with E-state index in [1.807, 2.05) is 0 Å². The van der Waals surface area contributed by atoms with Gasteiger partial charge in [0, 0.05) is 26.1 Å². The van der Waals surface area contributed by atoms with Gasteiger partial charge in [0.15, 0.2) is 0 Å². The van der Waals surface area contributed by atoms with E-state index >= 15 is 0 Å². The summed E-state index contributed by atoms with van der Waals surface area (Å²) in [5.74, 6) is -0.561. The summed E-state index contributed by atoms with van der Waals surface area (Å²) in [5, 5.41) is 8.50. The molecule has 5 nitrogen and oxygen atoms in total. The number of carbonyl (C=O) groups is 2. The van der Waals surface area contributed by atoms with Crippen molar-refractivity contribution in [3.8, 4) is 0 Å². The van der Waals surface area contributed by atoms with Gasteiger partial charge in [-0.1, -0.05) is 39.0 Å². The largest absolute Gasteiger partial charge is 0.481 e. The molecule has 124 valence electrons. The minimum atomic E-state index is -0.697. The predicted octanol–water partition coefficient (Wildman–Crippen LogP) is 3.11. The van der Waals surface area contributed by atoms with Gasteiger partial charge in [0.1, 0.15) is 0 Å². The van der Waals surface area contributed by atoms with Gasteiger partial charge in [-0.2, -0.15) is 0 Å². The Morgan fingerprint density at radius 1 is 1.00 bits per heavy atom. The van der Waals surface area contributed by atoms with Gasteiger partial charge < -0.3 is 15.6 Å². The Bertz CT molecular complexity index is 281. The standard InChI is InChI=1S/C16H31NO4/c1-14(10-11-15(17)18)13-21-12-8-6-4-2-3-5-7-9-16(19)20/h14H,2-13H2,1H3,(H2,17,18)(H,19,20)/t14-/m0/s1. The number of unbranched alkanes of at least 4 members (excludes halogenated alkanes) is 6. The van der Waals surface area contributed by atoms with Gasteiger partial charge in [0.2, 0.25) is 5.91 Å². The number of primary amides is 1. The molecule has 21 heavy (non-hydrogen) atoms. The van der Waals surface area contributed by atoms with Crippen molar-refractivity contribution in [2.24, 2.45) is 11.7 Å². The number of nitrogens with two attached hydrogens (primary N) is 1. The zero-order valence-electron chi connectivity index (χ0n) is 13.3. The van der Waals surface area contributed by atoms with Gasteiger partial charge in [-0.25, -0.2) is 0 Å². The number of carboxylic acids is 1. The Hall–Kier alpha value is -1.10. The van der Waals surface area contributed by atoms with Crippen molar-refractivity contribution in [3.05, 3.63) is 0 Å². The average molecular weight is 301 g/mol. The van der Waals surface area contributed by atoms with E-state index < -0.39 is 5.97 Å². The van der Waals surface area contributed by atoms with Gasteiger partial charge in [0.05, 0.1) is 0 Å². The van der Waals surface area contributed by atoms with Crippen LogP contribution >= 0.6 is 0 Å². The lowest BCUT2D eigenvalue weighted by molar-refractivity contribution is -0.137. The van der Waals surface area contributed by atoms with Crippen LogP contribution < -0.4 is 5.73 Å². The first kappa shape index (κ1) is 19.9. The number of amides is 1. The lowest BCUT2D eigenvalue weighted by Gasteiger charge is -2.10. The molecule has 0 saturated heterocycles. The van der Waals surface area contributed by atoms with Gasteiger partial charge in [-0.05, 0) is 25.2 Å². The quantitative estimate of drug-likeness (QED) is 0.455. The maximum absolute atomic E-state index is 10.6. The monoisotopic (exact) mass is 301 g/mol. The summed E-state index contributed by atoms with van der Waals surface area (Å²) in [7, 11) is 0. The summed E-state index contributed by atoms with van der Waals surface area (Å²) in [5.41, 5.74) is 5.10. The van der Waals surface area contributed by atoms with E-state index in [-0.39, 0.29) is 5.91 Å². The minimum Gasteiger partial charge on any atom is -0.481 e. The van der Waals surface area contributed by atoms with Crippen molar-refractivity contribution in [1.29, 1.82) is 0 Å². The summed E-state index contributed by atoms with van der Waals surface area (Å²) in [6.45, 7) is 3.54. The molecule has 0 heterocycles. The average Bonchev–Trinajstić information content (AvgIpc) is 2.42. The highest BCUT2D eigenvalue weighted by molar-refractivity contribution is 5.73. The molecule has 5 heteroatoms. The molecule has 1 atom stereocenters. The minimum absolute atomic E-state index is 0.245. The van der Waals surface area contributed by atoms with Crippen molar-refractivity contribution in [2.45, 2.75) is 71.1 Å². The molecule has 0 bridgehead atoms. The molecule has 0 radical (unpaired) electrons. The molecule has 0 aliphatic carbocycles. The molecule has 0 aromatic carbocycles. The Labute approximate surface area is 128 Å². The maximum atomic E-state index is 10.6. The van der Waals surface area contributed by atoms with Gasteiger partial charge in [-0.3, -0.25) is 9.59 Å². The lowest BCUT2D eigenvalue weighted by Crippen LogP contribution is -2.14. The van der Waals surface area contributed by atoms with E-state index in [4.69, 9.17) is 15.6 Å². The van der Waals surface area contributed by atoms with Gasteiger partial charge in [-0.15, -0.1) is 0 Å². The zero-order chi connectivity index (χ0) is 15.9. The first-order valence-electron chi connectivity index (χ1n) is 8.10. The van der Waals surface area contributed by atoms with E-state index in [2.05, 4.69) is 6.92 Å². The summed E-state index contributed by atoms with van der Waals surface area (Å²) >= 11 is 0. The van der Waals surface area contributed by atoms with Crippen LogP contribution in [-0.2, 0) is 14.3 Å². The van der Waals surface area contributed by atoms with Crippen LogP contribution in [0.25, 0.3) is 0 Å². The normalized spacial score (nSPS) is 12.2. The molecule has 0 aromatic rings. The van der Waals surface area contributed by atoms with Crippen molar-refractivity contribution in [3.63, 3.8) is 0 Å². The fourth-order valence-electron chi connectivity index (χ4n) is 2.12. The number of rotatable bonds is 15. The van der Waals surface area contributed by atoms with E-state index in [1.165, 1.54) is 12.8 Å². The van der Waals surface area contributed by atoms with Crippen LogP contribution in [0.1, 0.15) is 71.1 Å². The molecular weight excluding hydrogens is 270 g/mol. The van der Waals surface area contributed by atoms with E-state index in [0.717, 1.165) is 45.1 Å². The number of hydrogen-bond donors (Lipinski definition) is 2. The number of carboxylic acid groups (broad SMARTS) is 1. The Balaban J connectivity index is 3.15. The highest BCUT2D eigenvalue weighted by atomic mass is 16.5. The number of aliphatic carboxylic acids is 1. The van der Waals surface area contributed by atoms with Crippen LogP contribution in [0.15, 0.2) is 0 Å². The number of hydrogen-bond acceptors (Lipinski definition) is 3. The van der Waals surface area contributed by atoms with E-state index in [0.29, 0.717) is 25.4 Å². The molecule has 0 spiro atoms. The molecule has 1 amide bonds. The third kappa shape index (κ3) is 16.8. The molecule has 3 N–H and O–H groups in total. The fraction of sp³-hybridized carbons (Fsp3) is 0.875. The summed E-state index contributed by atoms with van der Waals surface area (Å²) in [6, 6.07) is 0. The molecule has 0 unspecified atom stereocenters. The molecule has 0 saturated carbocycles. The van der Waals surface area contributed by atoms with Crippen molar-refractivity contribution in [2.75, 3.05) is 13.2 Å². The first-order chi connectivity index (χ1) is 10.0. The van der Waals surface area contributed by atoms with Crippen LogP contribution in [-0.4, -0.2) is 30.2 Å². The lowest BCUT2D eigenvalue weighted by atomic mass is 10.1. The van der Waals surface area contributed by atoms with Crippen molar-refractivity contribution in [1.82, 2.24) is 0 Å². The molecule has 0 fully saturated rings. The van der Waals surface area contributed by atoms with Crippen LogP contribution in [0, 0.1) is 5.92 Å². The zero-order valence-corrected chi connectivity index (χ0v) is 13.3. The smallest absolute Gasteiger partial charge is 0.303 e. The van der Waals surface area contributed by atoms with Crippen LogP contribution in [0.4, 0.5) is 0 Å². The fourth-order valence-corrected chi connectivity index (χ4v) is 2.12. The first-order valence-corrected chi connectivity index (χ1v) is 8.10. The third-order valence-electron chi connectivity index (χ3n) is 3.47. The molecule has 0 aromatic heterocycles. The number of carbonyl (C=O) groups excluding carboxylic acids is 1. The molecule has 0 aliphatic rings. The molecular formula is C16H31NO4. The van der Waals surface area contributed by atoms with Crippen molar-refractivity contribution >= 4 is 11.9 Å². The topological polar surface area (TPSA) is 89.6 Å². The van der Waals surface area contributed by atoms with Gasteiger partial charge >= 0.3 is 5.97 Å². The Morgan fingerprint density at radius 2 is 1.57 bits per heavy atom. The Kier molecular flexibility index (Phi) is 13.1. The van der Waals surface area contributed by atoms with Crippen LogP contribution in [0.3, 0.4) is 0 Å². The van der Waals surface area contributed by atoms with Crippen LogP contribution in [0.5, 0.6) is 0 Å². The highest BCUT2D eigenvalue weighted by Gasteiger charge is 2.04. The maximum Gasteiger partial charge on any atom is 0.303 e. The van der Waals surface area contributed by atoms with Crippen molar-refractivity contribution < 1.29 is 19.4 Å². The molecule has 0 aliphatic heterocycles. The second-order valence-electron chi connectivity index (χ2n) is 5.80. The summed E-state index contributed by atoms with van der Waals surface area (Å²) in [6.07, 6.45) is 9.05. The second-order valence-corrected chi connectivity index (χ2v) is 5.80. The Morgan fingerprint density at radius 3 is 2.14 bits per heavy atom. The second kappa shape index (κ2) is 13.9. The number of ether oxygens (including phenoxy) is 1. The third-order valence-corrected chi connectivity index (χ3v) is 3.47. The van der Waals surface area contributed by atoms with Crippen LogP contribution in [0.2, 0.25) is 0 Å².